The molecule has 26 heavy (non-hydrogen) atoms. The minimum Gasteiger partial charge on any atom is -0.454 e. The van der Waals surface area contributed by atoms with Crippen molar-refractivity contribution in [2.75, 3.05) is 0 Å². The van der Waals surface area contributed by atoms with Crippen LogP contribution in [0.3, 0.4) is 0 Å². The number of Topliss-reactive ketones (excluding diaryl/α,β-unsaturated/α-hetero) is 1. The fourth-order valence-electron chi connectivity index (χ4n) is 2.34. The molecule has 0 unspecified atom stereocenters. The summed E-state index contributed by atoms with van der Waals surface area (Å²) in [6.07, 6.45) is 4.33. The number of pyridine rings is 3. The summed E-state index contributed by atoms with van der Waals surface area (Å²) >= 11 is 0. The van der Waals surface area contributed by atoms with Gasteiger partial charge in [-0.05, 0) is 18.2 Å². The third kappa shape index (κ3) is 3.25. The summed E-state index contributed by atoms with van der Waals surface area (Å²) in [5.74, 6) is -0.771. The Kier molecular flexibility index (Phi) is 3.03. The first kappa shape index (κ1) is 11.8. The van der Waals surface area contributed by atoms with Crippen molar-refractivity contribution in [3.05, 3.63) is 78.4 Å². The van der Waals surface area contributed by atoms with Crippen molar-refractivity contribution in [2.45, 2.75) is 6.42 Å². The molecule has 4 rings (SSSR count). The van der Waals surface area contributed by atoms with Gasteiger partial charge in [0, 0.05) is 17.9 Å². The minimum absolute atomic E-state index is 0.0932. The molecule has 0 saturated heterocycles. The highest BCUT2D eigenvalue weighted by Crippen LogP contribution is 2.24. The van der Waals surface area contributed by atoms with Crippen LogP contribution < -0.4 is 4.74 Å². The van der Waals surface area contributed by atoms with Gasteiger partial charge < -0.3 is 4.74 Å². The molecule has 4 aromatic rings. The van der Waals surface area contributed by atoms with E-state index in [0.717, 1.165) is 12.3 Å². The van der Waals surface area contributed by atoms with Crippen molar-refractivity contribution < 1.29 is 19.4 Å². The lowest BCUT2D eigenvalue weighted by atomic mass is 10.1. The highest BCUT2D eigenvalue weighted by atomic mass is 19.1. The molecule has 0 aliphatic carbocycles. The summed E-state index contributed by atoms with van der Waals surface area (Å²) in [6.45, 7) is 0. The lowest BCUT2D eigenvalue weighted by Gasteiger charge is -2.09. The second kappa shape index (κ2) is 6.67. The van der Waals surface area contributed by atoms with Gasteiger partial charge in [-0.3, -0.25) is 19.2 Å². The largest absolute Gasteiger partial charge is 0.454 e. The molecule has 128 valence electrons. The smallest absolute Gasteiger partial charge is 0.172 e. The van der Waals surface area contributed by atoms with E-state index in [9.17, 15) is 9.18 Å². The van der Waals surface area contributed by atoms with Crippen molar-refractivity contribution in [1.29, 1.82) is 0 Å². The molecule has 0 spiro atoms. The number of ether oxygens (including phenoxy) is 1. The first-order valence-corrected chi connectivity index (χ1v) is 7.41. The molecular formula is C18H12FN5O2. The van der Waals surface area contributed by atoms with Crippen LogP contribution in [0.1, 0.15) is 21.5 Å². The zero-order chi connectivity index (χ0) is 21.4. The molecule has 0 aliphatic rings. The third-order valence-corrected chi connectivity index (χ3v) is 3.43. The van der Waals surface area contributed by atoms with E-state index in [4.69, 9.17) is 10.2 Å². The zero-order valence-corrected chi connectivity index (χ0v) is 13.1. The number of hydrogen-bond acceptors (Lipinski definition) is 6. The number of carbonyl (C=O) groups excluding carboxylic acids is 1. The maximum absolute atomic E-state index is 13.4. The molecule has 0 aliphatic heterocycles. The Balaban J connectivity index is 1.71. The SMILES string of the molecule is [2H]c1nc(CC(=O)c2cc(Oc3cncc(F)c3)cn3cnnc23)c([2H])c([2H])c1[2H]. The Labute approximate surface area is 152 Å². The van der Waals surface area contributed by atoms with E-state index in [1.807, 2.05) is 0 Å². The lowest BCUT2D eigenvalue weighted by molar-refractivity contribution is 0.0992. The molecule has 0 fully saturated rings. The van der Waals surface area contributed by atoms with Crippen LogP contribution in [0.15, 0.2) is 61.4 Å². The van der Waals surface area contributed by atoms with Gasteiger partial charge in [0.05, 0.1) is 36.1 Å². The van der Waals surface area contributed by atoms with Crippen LogP contribution in [0, 0.1) is 5.82 Å². The standard InChI is InChI=1S/C18H12FN5O2/c19-12-5-14(9-20-8-12)26-15-7-16(18-23-22-11-24(18)10-15)17(25)6-13-3-1-2-4-21-13/h1-5,7-11H,6H2/i1D,2D,3D,4D. The summed E-state index contributed by atoms with van der Waals surface area (Å²) in [4.78, 5) is 20.4. The van der Waals surface area contributed by atoms with E-state index in [0.29, 0.717) is 0 Å². The molecule has 0 aromatic carbocycles. The first-order chi connectivity index (χ1) is 14.3. The molecule has 0 radical (unpaired) electrons. The van der Waals surface area contributed by atoms with Crippen LogP contribution in [0.25, 0.3) is 5.65 Å². The van der Waals surface area contributed by atoms with Gasteiger partial charge >= 0.3 is 0 Å². The average molecular weight is 353 g/mol. The molecule has 0 N–H and O–H groups in total. The fraction of sp³-hybridized carbons (Fsp3) is 0.0556. The zero-order valence-electron chi connectivity index (χ0n) is 17.1. The van der Waals surface area contributed by atoms with Crippen molar-refractivity contribution in [1.82, 2.24) is 24.6 Å². The molecule has 0 amide bonds. The predicted molar refractivity (Wildman–Crippen MR) is 89.5 cm³/mol. The van der Waals surface area contributed by atoms with Gasteiger partial charge in [0.25, 0.3) is 0 Å². The quantitative estimate of drug-likeness (QED) is 0.513. The van der Waals surface area contributed by atoms with Gasteiger partial charge in [0.2, 0.25) is 0 Å². The highest BCUT2D eigenvalue weighted by molar-refractivity contribution is 6.02. The topological polar surface area (TPSA) is 82.3 Å². The molecule has 7 nitrogen and oxygen atoms in total. The second-order valence-electron chi connectivity index (χ2n) is 5.24. The summed E-state index contributed by atoms with van der Waals surface area (Å²) < 4.78 is 51.2. The van der Waals surface area contributed by atoms with Crippen molar-refractivity contribution in [2.24, 2.45) is 0 Å². The van der Waals surface area contributed by atoms with Gasteiger partial charge in [0.15, 0.2) is 11.4 Å². The van der Waals surface area contributed by atoms with Crippen LogP contribution in [0.5, 0.6) is 11.5 Å². The van der Waals surface area contributed by atoms with Crippen molar-refractivity contribution in [3.8, 4) is 11.5 Å². The molecule has 0 bridgehead atoms. The summed E-state index contributed by atoms with van der Waals surface area (Å²) in [7, 11) is 0. The van der Waals surface area contributed by atoms with E-state index in [-0.39, 0.29) is 40.9 Å². The fourth-order valence-corrected chi connectivity index (χ4v) is 2.34. The normalized spacial score (nSPS) is 13.0. The molecule has 4 heterocycles. The molecule has 4 aromatic heterocycles. The minimum atomic E-state index is -0.585. The molecular weight excluding hydrogens is 337 g/mol. The monoisotopic (exact) mass is 353 g/mol. The number of hydrogen-bond donors (Lipinski definition) is 0. The van der Waals surface area contributed by atoms with Crippen LogP contribution in [-0.4, -0.2) is 30.3 Å². The predicted octanol–water partition coefficient (Wildman–Crippen LogP) is 2.88. The Morgan fingerprint density at radius 1 is 1.27 bits per heavy atom. The Morgan fingerprint density at radius 3 is 3.08 bits per heavy atom. The maximum Gasteiger partial charge on any atom is 0.172 e. The number of aromatic nitrogens is 5. The lowest BCUT2D eigenvalue weighted by Crippen LogP contribution is -2.08. The summed E-state index contributed by atoms with van der Waals surface area (Å²) in [5, 5.41) is 7.67. The van der Waals surface area contributed by atoms with Crippen LogP contribution in [-0.2, 0) is 6.42 Å². The summed E-state index contributed by atoms with van der Waals surface area (Å²) in [5.41, 5.74) is 0.235. The first-order valence-electron chi connectivity index (χ1n) is 9.41. The van der Waals surface area contributed by atoms with E-state index in [1.165, 1.54) is 29.2 Å². The molecule has 0 saturated carbocycles. The average Bonchev–Trinajstić information content (AvgIpc) is 3.18. The van der Waals surface area contributed by atoms with Gasteiger partial charge in [-0.1, -0.05) is 6.04 Å². The van der Waals surface area contributed by atoms with E-state index < -0.39 is 29.9 Å². The molecule has 0 atom stereocenters. The Bertz CT molecular complexity index is 1300. The summed E-state index contributed by atoms with van der Waals surface area (Å²) in [6, 6.07) is 1.19. The van der Waals surface area contributed by atoms with E-state index in [1.54, 1.807) is 0 Å². The highest BCUT2D eigenvalue weighted by Gasteiger charge is 2.16. The van der Waals surface area contributed by atoms with Crippen molar-refractivity contribution in [3.63, 3.8) is 0 Å². The van der Waals surface area contributed by atoms with Gasteiger partial charge in [-0.25, -0.2) is 4.39 Å². The van der Waals surface area contributed by atoms with Crippen LogP contribution in [0.2, 0.25) is 0 Å². The van der Waals surface area contributed by atoms with E-state index >= 15 is 0 Å². The molecule has 8 heteroatoms. The number of carbonyl (C=O) groups is 1. The van der Waals surface area contributed by atoms with E-state index in [2.05, 4.69) is 20.2 Å². The number of rotatable bonds is 5. The number of fused-ring (bicyclic) bond motifs is 1. The maximum atomic E-state index is 13.4. The Morgan fingerprint density at radius 2 is 2.19 bits per heavy atom. The van der Waals surface area contributed by atoms with Gasteiger partial charge in [-0.15, -0.1) is 10.2 Å². The third-order valence-electron chi connectivity index (χ3n) is 3.43. The second-order valence-corrected chi connectivity index (χ2v) is 5.24. The number of halogens is 1. The van der Waals surface area contributed by atoms with Crippen LogP contribution >= 0.6 is 0 Å². The van der Waals surface area contributed by atoms with Crippen molar-refractivity contribution >= 4 is 11.4 Å². The Hall–Kier alpha value is -3.68. The number of nitrogens with zero attached hydrogens (tertiary/aromatic N) is 5. The van der Waals surface area contributed by atoms with Crippen LogP contribution in [0.4, 0.5) is 4.39 Å². The number of ketones is 1. The van der Waals surface area contributed by atoms with Gasteiger partial charge in [0.1, 0.15) is 23.6 Å². The van der Waals surface area contributed by atoms with Gasteiger partial charge in [-0.2, -0.15) is 0 Å².